The Hall–Kier alpha value is -1.32. The molecule has 3 rings (SSSR count). The molecule has 1 aromatic carbocycles. The Morgan fingerprint density at radius 1 is 1.19 bits per heavy atom. The largest absolute Gasteiger partial charge is 0.586 e. The average molecular weight is 226 g/mol. The SMILES string of the molecule is CC1CC(c2ccc3c(c2)OC(F)(F)O3)C1. The standard InChI is InChI=1S/C12H12F2O2/c1-7-4-9(5-7)8-2-3-10-11(6-8)16-12(13,14)15-10/h2-3,6-7,9H,4-5H2,1H3. The van der Waals surface area contributed by atoms with E-state index in [2.05, 4.69) is 16.4 Å². The van der Waals surface area contributed by atoms with Crippen molar-refractivity contribution in [2.45, 2.75) is 32.0 Å². The molecular weight excluding hydrogens is 214 g/mol. The third-order valence-electron chi connectivity index (χ3n) is 3.27. The van der Waals surface area contributed by atoms with Crippen LogP contribution in [0.1, 0.15) is 31.2 Å². The molecule has 1 aliphatic heterocycles. The Labute approximate surface area is 92.2 Å². The summed E-state index contributed by atoms with van der Waals surface area (Å²) in [5.41, 5.74) is 1.07. The van der Waals surface area contributed by atoms with Crippen molar-refractivity contribution in [3.63, 3.8) is 0 Å². The molecule has 1 saturated carbocycles. The minimum absolute atomic E-state index is 0.126. The van der Waals surface area contributed by atoms with Gasteiger partial charge in [0.25, 0.3) is 0 Å². The monoisotopic (exact) mass is 226 g/mol. The molecule has 1 heterocycles. The van der Waals surface area contributed by atoms with E-state index in [1.54, 1.807) is 12.1 Å². The molecule has 1 aromatic rings. The normalized spacial score (nSPS) is 29.9. The fourth-order valence-electron chi connectivity index (χ4n) is 2.39. The van der Waals surface area contributed by atoms with Crippen LogP contribution in [0.25, 0.3) is 0 Å². The van der Waals surface area contributed by atoms with Gasteiger partial charge in [-0.05, 0) is 42.4 Å². The van der Waals surface area contributed by atoms with Gasteiger partial charge in [0.2, 0.25) is 0 Å². The van der Waals surface area contributed by atoms with Crippen molar-refractivity contribution < 1.29 is 18.3 Å². The first-order valence-corrected chi connectivity index (χ1v) is 5.43. The minimum Gasteiger partial charge on any atom is -0.395 e. The fourth-order valence-corrected chi connectivity index (χ4v) is 2.39. The summed E-state index contributed by atoms with van der Waals surface area (Å²) in [7, 11) is 0. The molecular formula is C12H12F2O2. The van der Waals surface area contributed by atoms with Crippen LogP contribution in [-0.4, -0.2) is 6.29 Å². The lowest BCUT2D eigenvalue weighted by Gasteiger charge is -2.33. The topological polar surface area (TPSA) is 18.5 Å². The van der Waals surface area contributed by atoms with Crippen molar-refractivity contribution in [1.29, 1.82) is 0 Å². The molecule has 16 heavy (non-hydrogen) atoms. The molecule has 0 radical (unpaired) electrons. The van der Waals surface area contributed by atoms with Gasteiger partial charge in [-0.1, -0.05) is 13.0 Å². The van der Waals surface area contributed by atoms with Gasteiger partial charge in [-0.2, -0.15) is 0 Å². The van der Waals surface area contributed by atoms with Crippen LogP contribution in [0.5, 0.6) is 11.5 Å². The number of hydrogen-bond acceptors (Lipinski definition) is 2. The van der Waals surface area contributed by atoms with Crippen LogP contribution >= 0.6 is 0 Å². The quantitative estimate of drug-likeness (QED) is 0.729. The van der Waals surface area contributed by atoms with Crippen LogP contribution in [0.4, 0.5) is 8.78 Å². The Bertz CT molecular complexity index is 425. The molecule has 1 aliphatic carbocycles. The zero-order valence-corrected chi connectivity index (χ0v) is 8.87. The zero-order valence-electron chi connectivity index (χ0n) is 8.87. The molecule has 0 bridgehead atoms. The van der Waals surface area contributed by atoms with Crippen molar-refractivity contribution in [2.75, 3.05) is 0 Å². The summed E-state index contributed by atoms with van der Waals surface area (Å²) in [6, 6.07) is 5.08. The number of rotatable bonds is 1. The van der Waals surface area contributed by atoms with Crippen LogP contribution in [0.15, 0.2) is 18.2 Å². The summed E-state index contributed by atoms with van der Waals surface area (Å²) in [5.74, 6) is 1.50. The van der Waals surface area contributed by atoms with E-state index in [1.807, 2.05) is 6.07 Å². The van der Waals surface area contributed by atoms with Crippen LogP contribution in [0.3, 0.4) is 0 Å². The molecule has 4 heteroatoms. The highest BCUT2D eigenvalue weighted by Crippen LogP contribution is 2.46. The minimum atomic E-state index is -3.51. The first-order valence-electron chi connectivity index (χ1n) is 5.43. The second-order valence-corrected chi connectivity index (χ2v) is 4.65. The zero-order chi connectivity index (χ0) is 11.3. The molecule has 0 aromatic heterocycles. The lowest BCUT2D eigenvalue weighted by molar-refractivity contribution is -0.286. The van der Waals surface area contributed by atoms with E-state index in [9.17, 15) is 8.78 Å². The highest BCUT2D eigenvalue weighted by Gasteiger charge is 2.43. The lowest BCUT2D eigenvalue weighted by atomic mass is 9.72. The van der Waals surface area contributed by atoms with Crippen LogP contribution < -0.4 is 9.47 Å². The van der Waals surface area contributed by atoms with E-state index in [4.69, 9.17) is 0 Å². The van der Waals surface area contributed by atoms with E-state index < -0.39 is 6.29 Å². The van der Waals surface area contributed by atoms with Crippen molar-refractivity contribution in [1.82, 2.24) is 0 Å². The highest BCUT2D eigenvalue weighted by atomic mass is 19.3. The third kappa shape index (κ3) is 1.52. The summed E-state index contributed by atoms with van der Waals surface area (Å²) in [5, 5.41) is 0. The summed E-state index contributed by atoms with van der Waals surface area (Å²) < 4.78 is 34.3. The van der Waals surface area contributed by atoms with Crippen LogP contribution in [0, 0.1) is 5.92 Å². The van der Waals surface area contributed by atoms with Gasteiger partial charge in [-0.15, -0.1) is 8.78 Å². The molecule has 0 atom stereocenters. The molecule has 1 fully saturated rings. The molecule has 0 unspecified atom stereocenters. The van der Waals surface area contributed by atoms with Gasteiger partial charge in [-0.3, -0.25) is 0 Å². The number of ether oxygens (including phenoxy) is 2. The molecule has 2 aliphatic rings. The van der Waals surface area contributed by atoms with Gasteiger partial charge in [0, 0.05) is 0 Å². The molecule has 86 valence electrons. The molecule has 2 nitrogen and oxygen atoms in total. The predicted octanol–water partition coefficient (Wildman–Crippen LogP) is 3.52. The molecule has 0 saturated heterocycles. The van der Waals surface area contributed by atoms with E-state index in [-0.39, 0.29) is 11.5 Å². The van der Waals surface area contributed by atoms with Gasteiger partial charge in [0.15, 0.2) is 11.5 Å². The van der Waals surface area contributed by atoms with E-state index in [1.165, 1.54) is 0 Å². The average Bonchev–Trinajstić information content (AvgIpc) is 2.45. The molecule has 0 N–H and O–H groups in total. The van der Waals surface area contributed by atoms with Gasteiger partial charge < -0.3 is 9.47 Å². The first-order chi connectivity index (χ1) is 7.53. The summed E-state index contributed by atoms with van der Waals surface area (Å²) >= 11 is 0. The third-order valence-corrected chi connectivity index (χ3v) is 3.27. The number of benzene rings is 1. The predicted molar refractivity (Wildman–Crippen MR) is 53.8 cm³/mol. The fraction of sp³-hybridized carbons (Fsp3) is 0.500. The molecule has 0 amide bonds. The summed E-state index contributed by atoms with van der Waals surface area (Å²) in [6.45, 7) is 2.19. The Balaban J connectivity index is 1.85. The lowest BCUT2D eigenvalue weighted by Crippen LogP contribution is -2.26. The van der Waals surface area contributed by atoms with Gasteiger partial charge in [-0.25, -0.2) is 0 Å². The Morgan fingerprint density at radius 2 is 1.88 bits per heavy atom. The van der Waals surface area contributed by atoms with E-state index >= 15 is 0 Å². The smallest absolute Gasteiger partial charge is 0.395 e. The van der Waals surface area contributed by atoms with Crippen molar-refractivity contribution in [3.8, 4) is 11.5 Å². The number of fused-ring (bicyclic) bond motifs is 1. The second kappa shape index (κ2) is 3.09. The Morgan fingerprint density at radius 3 is 2.56 bits per heavy atom. The maximum atomic E-state index is 12.8. The maximum absolute atomic E-state index is 12.8. The maximum Gasteiger partial charge on any atom is 0.586 e. The van der Waals surface area contributed by atoms with E-state index in [0.717, 1.165) is 24.3 Å². The Kier molecular flexibility index (Phi) is 1.91. The second-order valence-electron chi connectivity index (χ2n) is 4.65. The molecule has 0 spiro atoms. The van der Waals surface area contributed by atoms with Crippen molar-refractivity contribution >= 4 is 0 Å². The van der Waals surface area contributed by atoms with Gasteiger partial charge in [0.1, 0.15) is 0 Å². The number of hydrogen-bond donors (Lipinski definition) is 0. The summed E-state index contributed by atoms with van der Waals surface area (Å²) in [6.07, 6.45) is -1.26. The summed E-state index contributed by atoms with van der Waals surface area (Å²) in [4.78, 5) is 0. The van der Waals surface area contributed by atoms with E-state index in [0.29, 0.717) is 5.92 Å². The van der Waals surface area contributed by atoms with Gasteiger partial charge in [0.05, 0.1) is 0 Å². The van der Waals surface area contributed by atoms with Gasteiger partial charge >= 0.3 is 6.29 Å². The first kappa shape index (κ1) is 9.87. The number of alkyl halides is 2. The number of halogens is 2. The highest BCUT2D eigenvalue weighted by molar-refractivity contribution is 5.46. The van der Waals surface area contributed by atoms with Crippen molar-refractivity contribution in [3.05, 3.63) is 23.8 Å². The van der Waals surface area contributed by atoms with Crippen molar-refractivity contribution in [2.24, 2.45) is 5.92 Å². The van der Waals surface area contributed by atoms with Crippen LogP contribution in [0.2, 0.25) is 0 Å². The van der Waals surface area contributed by atoms with Crippen LogP contribution in [-0.2, 0) is 0 Å².